The van der Waals surface area contributed by atoms with Crippen molar-refractivity contribution in [3.8, 4) is 0 Å². The smallest absolute Gasteiger partial charge is 0.341 e. The molecule has 2 atom stereocenters. The monoisotopic (exact) mass is 416 g/mol. The number of nitrogens with one attached hydrogen (secondary N) is 1. The lowest BCUT2D eigenvalue weighted by atomic mass is 9.98. The Morgan fingerprint density at radius 3 is 2.57 bits per heavy atom. The summed E-state index contributed by atoms with van der Waals surface area (Å²) in [5.74, 6) is -0.303. The fourth-order valence-corrected chi connectivity index (χ4v) is 5.37. The second-order valence-corrected chi connectivity index (χ2v) is 8.83. The van der Waals surface area contributed by atoms with E-state index in [1.54, 1.807) is 11.3 Å². The second-order valence-electron chi connectivity index (χ2n) is 7.30. The first kappa shape index (κ1) is 20.8. The molecule has 1 fully saturated rings. The molecule has 0 unspecified atom stereocenters. The highest BCUT2D eigenvalue weighted by molar-refractivity contribution is 7.80. The number of anilines is 1. The second kappa shape index (κ2) is 9.52. The van der Waals surface area contributed by atoms with Crippen LogP contribution in [0.4, 0.5) is 5.00 Å². The van der Waals surface area contributed by atoms with Gasteiger partial charge in [-0.05, 0) is 63.9 Å². The van der Waals surface area contributed by atoms with E-state index in [1.165, 1.54) is 12.0 Å². The van der Waals surface area contributed by atoms with Crippen molar-refractivity contribution in [3.05, 3.63) is 52.4 Å². The van der Waals surface area contributed by atoms with Crippen LogP contribution in [-0.2, 0) is 11.2 Å². The lowest BCUT2D eigenvalue weighted by Gasteiger charge is -2.40. The number of rotatable bonds is 5. The van der Waals surface area contributed by atoms with Crippen molar-refractivity contribution in [2.75, 3.05) is 11.9 Å². The summed E-state index contributed by atoms with van der Waals surface area (Å²) >= 11 is 7.31. The van der Waals surface area contributed by atoms with E-state index in [0.29, 0.717) is 29.4 Å². The van der Waals surface area contributed by atoms with Gasteiger partial charge in [-0.3, -0.25) is 0 Å². The van der Waals surface area contributed by atoms with Crippen molar-refractivity contribution in [1.29, 1.82) is 0 Å². The number of thiophene rings is 1. The van der Waals surface area contributed by atoms with Crippen LogP contribution < -0.4 is 5.32 Å². The zero-order valence-corrected chi connectivity index (χ0v) is 18.4. The third-order valence-corrected chi connectivity index (χ3v) is 6.51. The molecule has 0 spiro atoms. The van der Waals surface area contributed by atoms with Crippen LogP contribution in [0.3, 0.4) is 0 Å². The SMILES string of the molecule is CCOC(=O)c1cc(Cc2ccccc2)sc1NC(=S)N1[C@@H](C)CCC[C@@H]1C. The number of likely N-dealkylation sites (tertiary alicyclic amines) is 1. The van der Waals surface area contributed by atoms with Crippen molar-refractivity contribution in [2.24, 2.45) is 0 Å². The number of ether oxygens (including phenoxy) is 1. The molecule has 6 heteroatoms. The van der Waals surface area contributed by atoms with Gasteiger partial charge >= 0.3 is 5.97 Å². The predicted octanol–water partition coefficient (Wildman–Crippen LogP) is 5.48. The highest BCUT2D eigenvalue weighted by Gasteiger charge is 2.28. The number of hydrogen-bond acceptors (Lipinski definition) is 4. The van der Waals surface area contributed by atoms with Gasteiger partial charge in [0.1, 0.15) is 5.00 Å². The van der Waals surface area contributed by atoms with Crippen molar-refractivity contribution in [1.82, 2.24) is 4.90 Å². The Bertz CT molecular complexity index is 809. The average molecular weight is 417 g/mol. The highest BCUT2D eigenvalue weighted by Crippen LogP contribution is 2.32. The van der Waals surface area contributed by atoms with Crippen LogP contribution in [-0.4, -0.2) is 34.7 Å². The van der Waals surface area contributed by atoms with E-state index in [4.69, 9.17) is 17.0 Å². The van der Waals surface area contributed by atoms with Gasteiger partial charge in [0, 0.05) is 23.4 Å². The normalized spacial score (nSPS) is 19.3. The zero-order chi connectivity index (χ0) is 20.1. The molecule has 1 aliphatic heterocycles. The topological polar surface area (TPSA) is 41.6 Å². The lowest BCUT2D eigenvalue weighted by molar-refractivity contribution is 0.0528. The van der Waals surface area contributed by atoms with E-state index < -0.39 is 0 Å². The molecule has 1 aliphatic rings. The molecule has 0 saturated carbocycles. The number of esters is 1. The molecule has 3 rings (SSSR count). The molecule has 2 heterocycles. The Kier molecular flexibility index (Phi) is 7.08. The van der Waals surface area contributed by atoms with Crippen LogP contribution >= 0.6 is 23.6 Å². The molecule has 1 aromatic heterocycles. The van der Waals surface area contributed by atoms with Crippen molar-refractivity contribution < 1.29 is 9.53 Å². The van der Waals surface area contributed by atoms with Gasteiger partial charge in [-0.15, -0.1) is 11.3 Å². The van der Waals surface area contributed by atoms with Gasteiger partial charge in [0.25, 0.3) is 0 Å². The van der Waals surface area contributed by atoms with Crippen LogP contribution in [0, 0.1) is 0 Å². The minimum atomic E-state index is -0.303. The van der Waals surface area contributed by atoms with Gasteiger partial charge in [-0.2, -0.15) is 0 Å². The summed E-state index contributed by atoms with van der Waals surface area (Å²) in [6.45, 7) is 6.60. The first-order valence-electron chi connectivity index (χ1n) is 9.92. The van der Waals surface area contributed by atoms with E-state index in [2.05, 4.69) is 36.2 Å². The standard InChI is InChI=1S/C22H28N2O2S2/c1-4-26-21(25)19-14-18(13-17-11-6-5-7-12-17)28-20(19)23-22(27)24-15(2)9-8-10-16(24)3/h5-7,11-12,14-16H,4,8-10,13H2,1-3H3,(H,23,27)/t15-,16-/m0/s1. The highest BCUT2D eigenvalue weighted by atomic mass is 32.1. The molecular weight excluding hydrogens is 388 g/mol. The van der Waals surface area contributed by atoms with Gasteiger partial charge in [0.05, 0.1) is 12.2 Å². The maximum Gasteiger partial charge on any atom is 0.341 e. The van der Waals surface area contributed by atoms with Gasteiger partial charge < -0.3 is 15.0 Å². The van der Waals surface area contributed by atoms with Crippen LogP contribution in [0.1, 0.15) is 60.8 Å². The van der Waals surface area contributed by atoms with Crippen LogP contribution in [0.2, 0.25) is 0 Å². The van der Waals surface area contributed by atoms with Gasteiger partial charge in [0.15, 0.2) is 5.11 Å². The number of hydrogen-bond donors (Lipinski definition) is 1. The molecule has 1 N–H and O–H groups in total. The fraction of sp³-hybridized carbons (Fsp3) is 0.455. The largest absolute Gasteiger partial charge is 0.462 e. The minimum Gasteiger partial charge on any atom is -0.462 e. The van der Waals surface area contributed by atoms with Crippen molar-refractivity contribution in [2.45, 2.75) is 58.5 Å². The van der Waals surface area contributed by atoms with E-state index in [0.717, 1.165) is 29.1 Å². The minimum absolute atomic E-state index is 0.303. The number of carbonyl (C=O) groups excluding carboxylic acids is 1. The van der Waals surface area contributed by atoms with Gasteiger partial charge in [-0.25, -0.2) is 4.79 Å². The maximum atomic E-state index is 12.5. The Morgan fingerprint density at radius 1 is 1.25 bits per heavy atom. The summed E-state index contributed by atoms with van der Waals surface area (Å²) in [6.07, 6.45) is 4.29. The van der Waals surface area contributed by atoms with E-state index in [-0.39, 0.29) is 5.97 Å². The number of benzene rings is 1. The molecule has 1 aromatic carbocycles. The zero-order valence-electron chi connectivity index (χ0n) is 16.7. The molecule has 0 bridgehead atoms. The quantitative estimate of drug-likeness (QED) is 0.517. The first-order valence-corrected chi connectivity index (χ1v) is 11.1. The third kappa shape index (κ3) is 4.92. The third-order valence-electron chi connectivity index (χ3n) is 5.15. The molecule has 28 heavy (non-hydrogen) atoms. The van der Waals surface area contributed by atoms with E-state index >= 15 is 0 Å². The number of carbonyl (C=O) groups is 1. The van der Waals surface area contributed by atoms with Gasteiger partial charge in [0.2, 0.25) is 0 Å². The summed E-state index contributed by atoms with van der Waals surface area (Å²) in [7, 11) is 0. The molecule has 0 aliphatic carbocycles. The first-order chi connectivity index (χ1) is 13.5. The average Bonchev–Trinajstić information content (AvgIpc) is 3.05. The summed E-state index contributed by atoms with van der Waals surface area (Å²) in [4.78, 5) is 15.9. The molecule has 0 amide bonds. The summed E-state index contributed by atoms with van der Waals surface area (Å²) in [6, 6.07) is 13.0. The predicted molar refractivity (Wildman–Crippen MR) is 120 cm³/mol. The Balaban J connectivity index is 1.83. The van der Waals surface area contributed by atoms with Crippen LogP contribution in [0.15, 0.2) is 36.4 Å². The molecule has 2 aromatic rings. The molecule has 150 valence electrons. The van der Waals surface area contributed by atoms with Gasteiger partial charge in [-0.1, -0.05) is 30.3 Å². The van der Waals surface area contributed by atoms with Crippen molar-refractivity contribution >= 4 is 39.6 Å². The van der Waals surface area contributed by atoms with E-state index in [1.807, 2.05) is 31.2 Å². The number of piperidine rings is 1. The molecule has 0 radical (unpaired) electrons. The fourth-order valence-electron chi connectivity index (χ4n) is 3.76. The van der Waals surface area contributed by atoms with Crippen LogP contribution in [0.5, 0.6) is 0 Å². The molecule has 1 saturated heterocycles. The van der Waals surface area contributed by atoms with Crippen molar-refractivity contribution in [3.63, 3.8) is 0 Å². The van der Waals surface area contributed by atoms with E-state index in [9.17, 15) is 4.79 Å². The maximum absolute atomic E-state index is 12.5. The Labute approximate surface area is 176 Å². The molecule has 4 nitrogen and oxygen atoms in total. The summed E-state index contributed by atoms with van der Waals surface area (Å²) in [5, 5.41) is 4.83. The summed E-state index contributed by atoms with van der Waals surface area (Å²) in [5.41, 5.74) is 1.78. The number of nitrogens with zero attached hydrogens (tertiary/aromatic N) is 1. The molecular formula is C22H28N2O2S2. The lowest BCUT2D eigenvalue weighted by Crippen LogP contribution is -2.49. The summed E-state index contributed by atoms with van der Waals surface area (Å²) < 4.78 is 5.27. The van der Waals surface area contributed by atoms with Crippen LogP contribution in [0.25, 0.3) is 0 Å². The Morgan fingerprint density at radius 2 is 1.93 bits per heavy atom. The Hall–Kier alpha value is -1.92. The number of thiocarbonyl (C=S) groups is 1.